The molecule has 1 fully saturated rings. The van der Waals surface area contributed by atoms with Crippen LogP contribution in [-0.4, -0.2) is 12.5 Å². The first-order valence-electron chi connectivity index (χ1n) is 7.00. The van der Waals surface area contributed by atoms with Gasteiger partial charge in [0.15, 0.2) is 0 Å². The Hall–Kier alpha value is -1.03. The molecule has 0 radical (unpaired) electrons. The Balaban J connectivity index is 1.78. The van der Waals surface area contributed by atoms with Crippen molar-refractivity contribution in [3.8, 4) is 0 Å². The van der Waals surface area contributed by atoms with Crippen LogP contribution in [-0.2, 0) is 0 Å². The maximum atomic E-state index is 12.0. The number of hydrogen-bond donors (Lipinski definition) is 2. The standard InChI is InChI=1S/C15H21BrN2O/c16-13-7-6-12(10-14(13)17)15(19)18-9-8-11-4-2-1-3-5-11/h6-7,10-11H,1-5,8-9,17H2,(H,18,19). The molecule has 0 bridgehead atoms. The summed E-state index contributed by atoms with van der Waals surface area (Å²) in [4.78, 5) is 12.0. The summed E-state index contributed by atoms with van der Waals surface area (Å²) in [5, 5.41) is 2.98. The number of carbonyl (C=O) groups is 1. The molecule has 1 aliphatic rings. The molecule has 0 atom stereocenters. The first-order valence-corrected chi connectivity index (χ1v) is 7.79. The van der Waals surface area contributed by atoms with Gasteiger partial charge in [-0.25, -0.2) is 0 Å². The van der Waals surface area contributed by atoms with E-state index in [0.29, 0.717) is 11.3 Å². The molecule has 104 valence electrons. The number of carbonyl (C=O) groups excluding carboxylic acids is 1. The highest BCUT2D eigenvalue weighted by Gasteiger charge is 2.13. The number of halogens is 1. The average molecular weight is 325 g/mol. The van der Waals surface area contributed by atoms with Crippen LogP contribution in [0.3, 0.4) is 0 Å². The largest absolute Gasteiger partial charge is 0.398 e. The Bertz CT molecular complexity index is 442. The summed E-state index contributed by atoms with van der Waals surface area (Å²) >= 11 is 3.33. The summed E-state index contributed by atoms with van der Waals surface area (Å²) in [6.07, 6.45) is 7.81. The first-order chi connectivity index (χ1) is 9.16. The third-order valence-electron chi connectivity index (χ3n) is 3.82. The molecule has 3 nitrogen and oxygen atoms in total. The van der Waals surface area contributed by atoms with Crippen LogP contribution in [0.1, 0.15) is 48.9 Å². The number of rotatable bonds is 4. The third-order valence-corrected chi connectivity index (χ3v) is 4.54. The maximum absolute atomic E-state index is 12.0. The molecule has 0 saturated heterocycles. The zero-order valence-corrected chi connectivity index (χ0v) is 12.7. The minimum absolute atomic E-state index is 0.0324. The van der Waals surface area contributed by atoms with E-state index < -0.39 is 0 Å². The van der Waals surface area contributed by atoms with E-state index in [1.54, 1.807) is 12.1 Å². The smallest absolute Gasteiger partial charge is 0.251 e. The Morgan fingerprint density at radius 3 is 2.74 bits per heavy atom. The molecule has 3 N–H and O–H groups in total. The molecule has 4 heteroatoms. The van der Waals surface area contributed by atoms with Crippen molar-refractivity contribution in [2.75, 3.05) is 12.3 Å². The van der Waals surface area contributed by atoms with Crippen molar-refractivity contribution >= 4 is 27.5 Å². The second-order valence-corrected chi connectivity index (χ2v) is 6.14. The quantitative estimate of drug-likeness (QED) is 0.829. The summed E-state index contributed by atoms with van der Waals surface area (Å²) in [6.45, 7) is 0.763. The van der Waals surface area contributed by atoms with Crippen molar-refractivity contribution in [1.82, 2.24) is 5.32 Å². The zero-order valence-electron chi connectivity index (χ0n) is 11.1. The highest BCUT2D eigenvalue weighted by atomic mass is 79.9. The number of nitrogens with one attached hydrogen (secondary N) is 1. The lowest BCUT2D eigenvalue weighted by molar-refractivity contribution is 0.0950. The van der Waals surface area contributed by atoms with E-state index >= 15 is 0 Å². The number of nitrogen functional groups attached to an aromatic ring is 1. The van der Waals surface area contributed by atoms with Gasteiger partial charge in [0.1, 0.15) is 0 Å². The van der Waals surface area contributed by atoms with Crippen molar-refractivity contribution in [2.45, 2.75) is 38.5 Å². The molecule has 19 heavy (non-hydrogen) atoms. The van der Waals surface area contributed by atoms with Crippen molar-refractivity contribution in [3.05, 3.63) is 28.2 Å². The second kappa shape index (κ2) is 6.94. The molecule has 2 rings (SSSR count). The predicted octanol–water partition coefficient (Wildman–Crippen LogP) is 3.73. The molecule has 0 heterocycles. The van der Waals surface area contributed by atoms with Crippen molar-refractivity contribution < 1.29 is 4.79 Å². The van der Waals surface area contributed by atoms with Gasteiger partial charge >= 0.3 is 0 Å². The van der Waals surface area contributed by atoms with E-state index in [2.05, 4.69) is 21.2 Å². The molecular formula is C15H21BrN2O. The van der Waals surface area contributed by atoms with Crippen LogP contribution < -0.4 is 11.1 Å². The van der Waals surface area contributed by atoms with Gasteiger partial charge < -0.3 is 11.1 Å². The van der Waals surface area contributed by atoms with Gasteiger partial charge in [-0.1, -0.05) is 32.1 Å². The van der Waals surface area contributed by atoms with Crippen LogP contribution in [0.15, 0.2) is 22.7 Å². The van der Waals surface area contributed by atoms with Gasteiger partial charge in [-0.15, -0.1) is 0 Å². The summed E-state index contributed by atoms with van der Waals surface area (Å²) < 4.78 is 0.825. The summed E-state index contributed by atoms with van der Waals surface area (Å²) in [5.41, 5.74) is 7.00. The van der Waals surface area contributed by atoms with Crippen LogP contribution in [0.4, 0.5) is 5.69 Å². The summed E-state index contributed by atoms with van der Waals surface area (Å²) in [6, 6.07) is 5.31. The SMILES string of the molecule is Nc1cc(C(=O)NCCC2CCCCC2)ccc1Br. The number of benzene rings is 1. The van der Waals surface area contributed by atoms with E-state index in [-0.39, 0.29) is 5.91 Å². The number of anilines is 1. The van der Waals surface area contributed by atoms with Crippen LogP contribution >= 0.6 is 15.9 Å². The maximum Gasteiger partial charge on any atom is 0.251 e. The van der Waals surface area contributed by atoms with Gasteiger partial charge in [0, 0.05) is 22.3 Å². The fourth-order valence-electron chi connectivity index (χ4n) is 2.65. The molecule has 1 aromatic carbocycles. The predicted molar refractivity (Wildman–Crippen MR) is 82.1 cm³/mol. The fourth-order valence-corrected chi connectivity index (χ4v) is 2.90. The van der Waals surface area contributed by atoms with Crippen LogP contribution in [0.2, 0.25) is 0 Å². The van der Waals surface area contributed by atoms with Gasteiger partial charge in [0.05, 0.1) is 0 Å². The van der Waals surface area contributed by atoms with Crippen molar-refractivity contribution in [3.63, 3.8) is 0 Å². The van der Waals surface area contributed by atoms with Crippen molar-refractivity contribution in [2.24, 2.45) is 5.92 Å². The Morgan fingerprint density at radius 2 is 2.05 bits per heavy atom. The summed E-state index contributed by atoms with van der Waals surface area (Å²) in [7, 11) is 0. The van der Waals surface area contributed by atoms with E-state index in [4.69, 9.17) is 5.73 Å². The number of nitrogens with two attached hydrogens (primary N) is 1. The topological polar surface area (TPSA) is 55.1 Å². The molecule has 0 aliphatic heterocycles. The lowest BCUT2D eigenvalue weighted by Gasteiger charge is -2.21. The van der Waals surface area contributed by atoms with Gasteiger partial charge in [0.25, 0.3) is 5.91 Å². The molecule has 1 aliphatic carbocycles. The molecule has 1 aromatic rings. The van der Waals surface area contributed by atoms with Crippen LogP contribution in [0, 0.1) is 5.92 Å². The molecule has 1 saturated carbocycles. The third kappa shape index (κ3) is 4.23. The van der Waals surface area contributed by atoms with Gasteiger partial charge in [-0.05, 0) is 46.5 Å². The normalized spacial score (nSPS) is 16.3. The Kier molecular flexibility index (Phi) is 5.25. The van der Waals surface area contributed by atoms with Crippen molar-refractivity contribution in [1.29, 1.82) is 0 Å². The molecular weight excluding hydrogens is 304 g/mol. The number of amides is 1. The highest BCUT2D eigenvalue weighted by molar-refractivity contribution is 9.10. The van der Waals surface area contributed by atoms with Crippen LogP contribution in [0.5, 0.6) is 0 Å². The molecule has 0 spiro atoms. The van der Waals surface area contributed by atoms with E-state index in [9.17, 15) is 4.79 Å². The Morgan fingerprint density at radius 1 is 1.32 bits per heavy atom. The van der Waals surface area contributed by atoms with Crippen LogP contribution in [0.25, 0.3) is 0 Å². The lowest BCUT2D eigenvalue weighted by Crippen LogP contribution is -2.26. The van der Waals surface area contributed by atoms with E-state index in [1.807, 2.05) is 6.07 Å². The second-order valence-electron chi connectivity index (χ2n) is 5.28. The van der Waals surface area contributed by atoms with Gasteiger partial charge in [0.2, 0.25) is 0 Å². The zero-order chi connectivity index (χ0) is 13.7. The monoisotopic (exact) mass is 324 g/mol. The fraction of sp³-hybridized carbons (Fsp3) is 0.533. The minimum Gasteiger partial charge on any atom is -0.398 e. The summed E-state index contributed by atoms with van der Waals surface area (Å²) in [5.74, 6) is 0.763. The van der Waals surface area contributed by atoms with Gasteiger partial charge in [-0.3, -0.25) is 4.79 Å². The first kappa shape index (κ1) is 14.4. The van der Waals surface area contributed by atoms with Gasteiger partial charge in [-0.2, -0.15) is 0 Å². The molecule has 0 aromatic heterocycles. The van der Waals surface area contributed by atoms with E-state index in [0.717, 1.165) is 23.4 Å². The minimum atomic E-state index is -0.0324. The molecule has 1 amide bonds. The number of hydrogen-bond acceptors (Lipinski definition) is 2. The molecule has 0 unspecified atom stereocenters. The lowest BCUT2D eigenvalue weighted by atomic mass is 9.87. The highest BCUT2D eigenvalue weighted by Crippen LogP contribution is 2.25. The Labute approximate surface area is 123 Å². The van der Waals surface area contributed by atoms with E-state index in [1.165, 1.54) is 32.1 Å². The average Bonchev–Trinajstić information content (AvgIpc) is 2.43.